The second kappa shape index (κ2) is 4.63. The van der Waals surface area contributed by atoms with Gasteiger partial charge in [0.15, 0.2) is 0 Å². The zero-order valence-electron chi connectivity index (χ0n) is 12.0. The Labute approximate surface area is 109 Å². The van der Waals surface area contributed by atoms with Crippen molar-refractivity contribution in [2.24, 2.45) is 0 Å². The van der Waals surface area contributed by atoms with Crippen molar-refractivity contribution in [3.05, 3.63) is 12.2 Å². The van der Waals surface area contributed by atoms with E-state index in [1.165, 1.54) is 0 Å². The first-order valence-corrected chi connectivity index (χ1v) is 6.64. The van der Waals surface area contributed by atoms with E-state index in [1.807, 2.05) is 0 Å². The van der Waals surface area contributed by atoms with Crippen molar-refractivity contribution < 1.29 is 4.74 Å². The first kappa shape index (κ1) is 13.5. The van der Waals surface area contributed by atoms with Crippen LogP contribution in [0.2, 0.25) is 0 Å². The molecule has 1 aromatic rings. The van der Waals surface area contributed by atoms with E-state index in [-0.39, 0.29) is 11.2 Å². The van der Waals surface area contributed by atoms with Crippen molar-refractivity contribution in [3.8, 4) is 0 Å². The minimum atomic E-state index is -0.138. The van der Waals surface area contributed by atoms with Gasteiger partial charge in [-0.25, -0.2) is 0 Å². The molecule has 0 amide bonds. The highest BCUT2D eigenvalue weighted by Crippen LogP contribution is 2.37. The summed E-state index contributed by atoms with van der Waals surface area (Å²) in [5.74, 6) is 0.984. The molecule has 0 saturated carbocycles. The predicted molar refractivity (Wildman–Crippen MR) is 70.2 cm³/mol. The van der Waals surface area contributed by atoms with Gasteiger partial charge in [0.1, 0.15) is 12.2 Å². The first-order valence-electron chi connectivity index (χ1n) is 6.64. The topological polar surface area (TPSA) is 52.0 Å². The van der Waals surface area contributed by atoms with Crippen LogP contribution in [0.25, 0.3) is 0 Å². The SMILES string of the molecule is CCn1cnnc1CNC1CC(C)(C)OC1(C)C. The Kier molecular flexibility index (Phi) is 3.47. The lowest BCUT2D eigenvalue weighted by molar-refractivity contribution is -0.0699. The molecule has 102 valence electrons. The molecule has 1 fully saturated rings. The van der Waals surface area contributed by atoms with Crippen LogP contribution in [-0.2, 0) is 17.8 Å². The van der Waals surface area contributed by atoms with Crippen LogP contribution in [0.4, 0.5) is 0 Å². The van der Waals surface area contributed by atoms with Crippen molar-refractivity contribution in [3.63, 3.8) is 0 Å². The van der Waals surface area contributed by atoms with Crippen LogP contribution in [0.1, 0.15) is 46.9 Å². The van der Waals surface area contributed by atoms with Crippen LogP contribution < -0.4 is 5.32 Å². The van der Waals surface area contributed by atoms with Crippen LogP contribution in [0.15, 0.2) is 6.33 Å². The maximum atomic E-state index is 6.07. The Morgan fingerprint density at radius 3 is 2.72 bits per heavy atom. The summed E-state index contributed by atoms with van der Waals surface area (Å²) in [6.45, 7) is 12.3. The van der Waals surface area contributed by atoms with Gasteiger partial charge in [-0.3, -0.25) is 0 Å². The number of hydrogen-bond donors (Lipinski definition) is 1. The van der Waals surface area contributed by atoms with Crippen LogP contribution in [0, 0.1) is 0 Å². The molecule has 1 unspecified atom stereocenters. The highest BCUT2D eigenvalue weighted by atomic mass is 16.5. The second-order valence-electron chi connectivity index (χ2n) is 6.14. The molecule has 5 heteroatoms. The van der Waals surface area contributed by atoms with Crippen molar-refractivity contribution in [1.82, 2.24) is 20.1 Å². The van der Waals surface area contributed by atoms with E-state index in [2.05, 4.69) is 54.7 Å². The van der Waals surface area contributed by atoms with E-state index in [4.69, 9.17) is 4.74 Å². The van der Waals surface area contributed by atoms with Gasteiger partial charge in [-0.1, -0.05) is 0 Å². The van der Waals surface area contributed by atoms with Crippen molar-refractivity contribution in [1.29, 1.82) is 0 Å². The average Bonchev–Trinajstić information content (AvgIpc) is 2.76. The fraction of sp³-hybridized carbons (Fsp3) is 0.846. The van der Waals surface area contributed by atoms with Gasteiger partial charge in [-0.05, 0) is 41.0 Å². The van der Waals surface area contributed by atoms with Crippen LogP contribution in [0.3, 0.4) is 0 Å². The number of hydrogen-bond acceptors (Lipinski definition) is 4. The molecule has 1 saturated heterocycles. The highest BCUT2D eigenvalue weighted by Gasteiger charge is 2.45. The Hall–Kier alpha value is -0.940. The summed E-state index contributed by atoms with van der Waals surface area (Å²) in [6.07, 6.45) is 2.79. The number of rotatable bonds is 4. The van der Waals surface area contributed by atoms with Crippen LogP contribution in [0.5, 0.6) is 0 Å². The minimum Gasteiger partial charge on any atom is -0.368 e. The molecule has 1 atom stereocenters. The number of nitrogens with one attached hydrogen (secondary N) is 1. The summed E-state index contributed by atoms with van der Waals surface area (Å²) in [5.41, 5.74) is -0.194. The molecular formula is C13H24N4O. The molecule has 0 aromatic carbocycles. The molecule has 0 bridgehead atoms. The van der Waals surface area contributed by atoms with E-state index < -0.39 is 0 Å². The summed E-state index contributed by atoms with van der Waals surface area (Å²) in [5, 5.41) is 11.6. The van der Waals surface area contributed by atoms with E-state index in [1.54, 1.807) is 6.33 Å². The molecule has 18 heavy (non-hydrogen) atoms. The number of nitrogens with zero attached hydrogens (tertiary/aromatic N) is 3. The Morgan fingerprint density at radius 1 is 1.44 bits per heavy atom. The standard InChI is InChI=1S/C13H24N4O/c1-6-17-9-15-16-11(17)8-14-10-7-12(2,3)18-13(10,4)5/h9-10,14H,6-8H2,1-5H3. The van der Waals surface area contributed by atoms with Gasteiger partial charge >= 0.3 is 0 Å². The van der Waals surface area contributed by atoms with Crippen molar-refractivity contribution >= 4 is 0 Å². The largest absolute Gasteiger partial charge is 0.368 e. The first-order chi connectivity index (χ1) is 8.34. The molecule has 1 aliphatic rings. The minimum absolute atomic E-state index is 0.0560. The fourth-order valence-electron chi connectivity index (χ4n) is 2.77. The molecule has 2 heterocycles. The molecule has 2 rings (SSSR count). The summed E-state index contributed by atoms with van der Waals surface area (Å²) >= 11 is 0. The Bertz CT molecular complexity index is 411. The van der Waals surface area contributed by atoms with Gasteiger partial charge in [-0.15, -0.1) is 10.2 Å². The normalized spacial score (nSPS) is 25.5. The van der Waals surface area contributed by atoms with Gasteiger partial charge in [0.2, 0.25) is 0 Å². The highest BCUT2D eigenvalue weighted by molar-refractivity contribution is 5.00. The van der Waals surface area contributed by atoms with Gasteiger partial charge in [0.05, 0.1) is 17.7 Å². The van der Waals surface area contributed by atoms with E-state index >= 15 is 0 Å². The molecule has 1 aliphatic heterocycles. The summed E-state index contributed by atoms with van der Waals surface area (Å²) in [4.78, 5) is 0. The van der Waals surface area contributed by atoms with Crippen molar-refractivity contribution in [2.75, 3.05) is 0 Å². The summed E-state index contributed by atoms with van der Waals surface area (Å²) in [7, 11) is 0. The fourth-order valence-corrected chi connectivity index (χ4v) is 2.77. The van der Waals surface area contributed by atoms with Gasteiger partial charge in [-0.2, -0.15) is 0 Å². The third-order valence-corrected chi connectivity index (χ3v) is 3.62. The molecule has 0 spiro atoms. The molecule has 0 radical (unpaired) electrons. The van der Waals surface area contributed by atoms with E-state index in [0.29, 0.717) is 6.04 Å². The quantitative estimate of drug-likeness (QED) is 0.886. The zero-order valence-corrected chi connectivity index (χ0v) is 12.0. The van der Waals surface area contributed by atoms with Gasteiger partial charge < -0.3 is 14.6 Å². The number of ether oxygens (including phenoxy) is 1. The van der Waals surface area contributed by atoms with Crippen LogP contribution >= 0.6 is 0 Å². The van der Waals surface area contributed by atoms with E-state index in [0.717, 1.165) is 25.3 Å². The molecule has 5 nitrogen and oxygen atoms in total. The zero-order chi connectivity index (χ0) is 13.4. The molecular weight excluding hydrogens is 228 g/mol. The smallest absolute Gasteiger partial charge is 0.146 e. The monoisotopic (exact) mass is 252 g/mol. The van der Waals surface area contributed by atoms with Gasteiger partial charge in [0.25, 0.3) is 0 Å². The Balaban J connectivity index is 1.98. The Morgan fingerprint density at radius 2 is 2.17 bits per heavy atom. The van der Waals surface area contributed by atoms with Gasteiger partial charge in [0, 0.05) is 12.6 Å². The second-order valence-corrected chi connectivity index (χ2v) is 6.14. The van der Waals surface area contributed by atoms with E-state index in [9.17, 15) is 0 Å². The maximum absolute atomic E-state index is 6.07. The summed E-state index contributed by atoms with van der Waals surface area (Å²) < 4.78 is 8.13. The molecule has 1 N–H and O–H groups in total. The lowest BCUT2D eigenvalue weighted by atomic mass is 9.94. The third-order valence-electron chi connectivity index (χ3n) is 3.62. The molecule has 1 aromatic heterocycles. The number of aryl methyl sites for hydroxylation is 1. The van der Waals surface area contributed by atoms with Crippen molar-refractivity contribution in [2.45, 2.75) is 71.4 Å². The maximum Gasteiger partial charge on any atom is 0.146 e. The average molecular weight is 252 g/mol. The summed E-state index contributed by atoms with van der Waals surface area (Å²) in [6, 6.07) is 0.342. The molecule has 0 aliphatic carbocycles. The third kappa shape index (κ3) is 2.72. The lowest BCUT2D eigenvalue weighted by Gasteiger charge is -2.27. The van der Waals surface area contributed by atoms with Crippen LogP contribution in [-0.4, -0.2) is 32.0 Å². The predicted octanol–water partition coefficient (Wildman–Crippen LogP) is 1.73. The lowest BCUT2D eigenvalue weighted by Crippen LogP contribution is -2.43. The number of aromatic nitrogens is 3.